The van der Waals surface area contributed by atoms with E-state index in [0.29, 0.717) is 18.0 Å². The van der Waals surface area contributed by atoms with Crippen LogP contribution < -0.4 is 0 Å². The maximum Gasteiger partial charge on any atom is 0.223 e. The Hall–Kier alpha value is -1.28. The molecule has 1 aliphatic rings. The molecule has 0 aliphatic carbocycles. The Bertz CT molecular complexity index is 416. The van der Waals surface area contributed by atoms with Crippen molar-refractivity contribution in [1.29, 1.82) is 0 Å². The van der Waals surface area contributed by atoms with Crippen LogP contribution in [0.25, 0.3) is 0 Å². The molecule has 2 rings (SSSR count). The smallest absolute Gasteiger partial charge is 0.223 e. The number of benzene rings is 1. The van der Waals surface area contributed by atoms with Gasteiger partial charge in [-0.25, -0.2) is 0 Å². The molecule has 1 aromatic rings. The highest BCUT2D eigenvalue weighted by molar-refractivity contribution is 6.31. The van der Waals surface area contributed by atoms with Gasteiger partial charge in [0.1, 0.15) is 0 Å². The molecule has 1 saturated heterocycles. The topological polar surface area (TPSA) is 20.3 Å². The van der Waals surface area contributed by atoms with E-state index in [1.807, 2.05) is 35.2 Å². The highest BCUT2D eigenvalue weighted by Gasteiger charge is 2.28. The number of amides is 1. The van der Waals surface area contributed by atoms with Crippen molar-refractivity contribution in [3.05, 3.63) is 47.5 Å². The SMILES string of the molecule is C=C[C@@H]1CCC(=O)N1Cc1ccccc1Cl. The minimum atomic E-state index is 0.156. The molecule has 0 unspecified atom stereocenters. The summed E-state index contributed by atoms with van der Waals surface area (Å²) in [4.78, 5) is 13.5. The van der Waals surface area contributed by atoms with Crippen LogP contribution in [0.1, 0.15) is 18.4 Å². The third-order valence-corrected chi connectivity index (χ3v) is 3.31. The van der Waals surface area contributed by atoms with Gasteiger partial charge in [0.15, 0.2) is 0 Å². The van der Waals surface area contributed by atoms with Crippen LogP contribution in [-0.4, -0.2) is 16.8 Å². The molecule has 1 aliphatic heterocycles. The highest BCUT2D eigenvalue weighted by atomic mass is 35.5. The quantitative estimate of drug-likeness (QED) is 0.738. The second kappa shape index (κ2) is 4.71. The third-order valence-electron chi connectivity index (χ3n) is 2.95. The zero-order valence-electron chi connectivity index (χ0n) is 9.03. The molecule has 1 heterocycles. The number of rotatable bonds is 3. The Morgan fingerprint density at radius 1 is 1.50 bits per heavy atom. The van der Waals surface area contributed by atoms with Gasteiger partial charge in [-0.05, 0) is 18.1 Å². The predicted octanol–water partition coefficient (Wildman–Crippen LogP) is 3.02. The first-order valence-corrected chi connectivity index (χ1v) is 5.75. The second-order valence-electron chi connectivity index (χ2n) is 3.95. The normalized spacial score (nSPS) is 20.2. The molecule has 0 N–H and O–H groups in total. The molecule has 0 aromatic heterocycles. The average molecular weight is 236 g/mol. The number of carbonyl (C=O) groups is 1. The summed E-state index contributed by atoms with van der Waals surface area (Å²) >= 11 is 6.08. The van der Waals surface area contributed by atoms with Gasteiger partial charge in [0.2, 0.25) is 5.91 Å². The number of hydrogen-bond donors (Lipinski definition) is 0. The lowest BCUT2D eigenvalue weighted by atomic mass is 10.2. The highest BCUT2D eigenvalue weighted by Crippen LogP contribution is 2.24. The van der Waals surface area contributed by atoms with Gasteiger partial charge in [-0.3, -0.25) is 4.79 Å². The lowest BCUT2D eigenvalue weighted by Gasteiger charge is -2.22. The number of carbonyl (C=O) groups excluding carboxylic acids is 1. The first-order chi connectivity index (χ1) is 7.72. The van der Waals surface area contributed by atoms with Crippen molar-refractivity contribution < 1.29 is 4.79 Å². The molecule has 2 nitrogen and oxygen atoms in total. The molecule has 0 spiro atoms. The van der Waals surface area contributed by atoms with Crippen molar-refractivity contribution in [3.63, 3.8) is 0 Å². The summed E-state index contributed by atoms with van der Waals surface area (Å²) in [6.07, 6.45) is 3.32. The summed E-state index contributed by atoms with van der Waals surface area (Å²) in [5.41, 5.74) is 0.992. The molecule has 0 saturated carbocycles. The van der Waals surface area contributed by atoms with E-state index in [1.54, 1.807) is 0 Å². The van der Waals surface area contributed by atoms with Crippen LogP contribution >= 0.6 is 11.6 Å². The minimum Gasteiger partial charge on any atom is -0.332 e. The molecule has 3 heteroatoms. The van der Waals surface area contributed by atoms with E-state index in [4.69, 9.17) is 11.6 Å². The van der Waals surface area contributed by atoms with Gasteiger partial charge in [-0.15, -0.1) is 6.58 Å². The monoisotopic (exact) mass is 235 g/mol. The molecular formula is C13H14ClNO. The Morgan fingerprint density at radius 2 is 2.25 bits per heavy atom. The van der Waals surface area contributed by atoms with Gasteiger partial charge in [0.05, 0.1) is 6.04 Å². The van der Waals surface area contributed by atoms with E-state index in [0.717, 1.165) is 12.0 Å². The molecule has 1 amide bonds. The molecule has 0 bridgehead atoms. The summed E-state index contributed by atoms with van der Waals surface area (Å²) in [5, 5.41) is 0.713. The van der Waals surface area contributed by atoms with Crippen LogP contribution in [0.15, 0.2) is 36.9 Å². The van der Waals surface area contributed by atoms with E-state index in [2.05, 4.69) is 6.58 Å². The van der Waals surface area contributed by atoms with Crippen LogP contribution in [0.3, 0.4) is 0 Å². The Balaban J connectivity index is 2.17. The first kappa shape index (κ1) is 11.2. The predicted molar refractivity (Wildman–Crippen MR) is 65.2 cm³/mol. The summed E-state index contributed by atoms with van der Waals surface area (Å²) in [6.45, 7) is 4.34. The molecule has 1 atom stereocenters. The summed E-state index contributed by atoms with van der Waals surface area (Å²) < 4.78 is 0. The third kappa shape index (κ3) is 2.12. The molecular weight excluding hydrogens is 222 g/mol. The fraction of sp³-hybridized carbons (Fsp3) is 0.308. The van der Waals surface area contributed by atoms with E-state index in [-0.39, 0.29) is 11.9 Å². The summed E-state index contributed by atoms with van der Waals surface area (Å²) in [6, 6.07) is 7.78. The van der Waals surface area contributed by atoms with Crippen molar-refractivity contribution >= 4 is 17.5 Å². The van der Waals surface area contributed by atoms with Crippen molar-refractivity contribution in [1.82, 2.24) is 4.90 Å². The van der Waals surface area contributed by atoms with E-state index in [1.165, 1.54) is 0 Å². The van der Waals surface area contributed by atoms with Crippen LogP contribution in [0.4, 0.5) is 0 Å². The van der Waals surface area contributed by atoms with Gasteiger partial charge in [0, 0.05) is 18.0 Å². The van der Waals surface area contributed by atoms with Gasteiger partial charge in [-0.1, -0.05) is 35.9 Å². The Morgan fingerprint density at radius 3 is 2.94 bits per heavy atom. The van der Waals surface area contributed by atoms with Crippen molar-refractivity contribution in [2.75, 3.05) is 0 Å². The standard InChI is InChI=1S/C13H14ClNO/c1-2-11-7-8-13(16)15(11)9-10-5-3-4-6-12(10)14/h2-6,11H,1,7-9H2/t11-/m1/s1. The average Bonchev–Trinajstić information content (AvgIpc) is 2.63. The van der Waals surface area contributed by atoms with Crippen LogP contribution in [-0.2, 0) is 11.3 Å². The largest absolute Gasteiger partial charge is 0.332 e. The molecule has 16 heavy (non-hydrogen) atoms. The zero-order chi connectivity index (χ0) is 11.5. The summed E-state index contributed by atoms with van der Waals surface area (Å²) in [7, 11) is 0. The second-order valence-corrected chi connectivity index (χ2v) is 4.36. The van der Waals surface area contributed by atoms with Crippen LogP contribution in [0.2, 0.25) is 5.02 Å². The fourth-order valence-electron chi connectivity index (χ4n) is 2.02. The minimum absolute atomic E-state index is 0.156. The van der Waals surface area contributed by atoms with Crippen molar-refractivity contribution in [3.8, 4) is 0 Å². The van der Waals surface area contributed by atoms with Gasteiger partial charge in [-0.2, -0.15) is 0 Å². The summed E-state index contributed by atoms with van der Waals surface area (Å²) in [5.74, 6) is 0.185. The molecule has 1 aromatic carbocycles. The maximum atomic E-state index is 11.7. The van der Waals surface area contributed by atoms with Crippen molar-refractivity contribution in [2.24, 2.45) is 0 Å². The maximum absolute atomic E-state index is 11.7. The first-order valence-electron chi connectivity index (χ1n) is 5.38. The lowest BCUT2D eigenvalue weighted by molar-refractivity contribution is -0.129. The fourth-order valence-corrected chi connectivity index (χ4v) is 2.21. The number of hydrogen-bond acceptors (Lipinski definition) is 1. The van der Waals surface area contributed by atoms with Crippen LogP contribution in [0, 0.1) is 0 Å². The number of halogens is 1. The zero-order valence-corrected chi connectivity index (χ0v) is 9.78. The van der Waals surface area contributed by atoms with E-state index >= 15 is 0 Å². The number of nitrogens with zero attached hydrogens (tertiary/aromatic N) is 1. The van der Waals surface area contributed by atoms with E-state index in [9.17, 15) is 4.79 Å². The molecule has 1 fully saturated rings. The lowest BCUT2D eigenvalue weighted by Crippen LogP contribution is -2.31. The van der Waals surface area contributed by atoms with Gasteiger partial charge in [0.25, 0.3) is 0 Å². The van der Waals surface area contributed by atoms with Gasteiger partial charge < -0.3 is 4.90 Å². The number of likely N-dealkylation sites (tertiary alicyclic amines) is 1. The van der Waals surface area contributed by atoms with Crippen LogP contribution in [0.5, 0.6) is 0 Å². The Kier molecular flexibility index (Phi) is 3.30. The molecule has 0 radical (unpaired) electrons. The molecule has 84 valence electrons. The van der Waals surface area contributed by atoms with E-state index < -0.39 is 0 Å². The van der Waals surface area contributed by atoms with Crippen molar-refractivity contribution in [2.45, 2.75) is 25.4 Å². The van der Waals surface area contributed by atoms with Gasteiger partial charge >= 0.3 is 0 Å². The Labute approximate surface area is 101 Å².